The number of aryl methyl sites for hydroxylation is 2. The van der Waals surface area contributed by atoms with Crippen LogP contribution in [0.15, 0.2) is 9.52 Å². The fourth-order valence-electron chi connectivity index (χ4n) is 1.85. The van der Waals surface area contributed by atoms with E-state index in [4.69, 9.17) is 4.52 Å². The highest BCUT2D eigenvalue weighted by molar-refractivity contribution is 14.0. The van der Waals surface area contributed by atoms with Crippen LogP contribution in [-0.2, 0) is 19.4 Å². The molecule has 0 amide bonds. The van der Waals surface area contributed by atoms with E-state index in [9.17, 15) is 0 Å². The first kappa shape index (κ1) is 20.6. The summed E-state index contributed by atoms with van der Waals surface area (Å²) < 4.78 is 5.36. The summed E-state index contributed by atoms with van der Waals surface area (Å²) in [6, 6.07) is 0. The van der Waals surface area contributed by atoms with Crippen molar-refractivity contribution < 1.29 is 4.52 Å². The Morgan fingerprint density at radius 2 is 2.05 bits per heavy atom. The summed E-state index contributed by atoms with van der Waals surface area (Å²) in [4.78, 5) is 4.24. The lowest BCUT2D eigenvalue weighted by Crippen LogP contribution is -2.39. The van der Waals surface area contributed by atoms with Crippen LogP contribution in [0.4, 0.5) is 0 Å². The average Bonchev–Trinajstić information content (AvgIpc) is 2.89. The number of rotatable bonds is 7. The van der Waals surface area contributed by atoms with Crippen molar-refractivity contribution in [3.05, 3.63) is 17.0 Å². The second-order valence-electron chi connectivity index (χ2n) is 4.59. The van der Waals surface area contributed by atoms with Crippen molar-refractivity contribution in [2.45, 2.75) is 45.4 Å². The number of hydrogen-bond donors (Lipinski definition) is 2. The van der Waals surface area contributed by atoms with E-state index in [1.54, 1.807) is 7.05 Å². The van der Waals surface area contributed by atoms with Crippen LogP contribution in [0.25, 0.3) is 0 Å². The maximum Gasteiger partial charge on any atom is 0.191 e. The molecule has 5 nitrogen and oxygen atoms in total. The molecule has 0 saturated carbocycles. The van der Waals surface area contributed by atoms with Crippen molar-refractivity contribution >= 4 is 41.7 Å². The fraction of sp³-hybridized carbons (Fsp3) is 0.714. The molecular formula is C14H27IN4OS. The van der Waals surface area contributed by atoms with Gasteiger partial charge in [-0.2, -0.15) is 11.8 Å². The molecule has 1 aromatic rings. The number of guanidine groups is 1. The Balaban J connectivity index is 0.00000400. The highest BCUT2D eigenvalue weighted by atomic mass is 127. The molecule has 0 aliphatic rings. The van der Waals surface area contributed by atoms with Crippen molar-refractivity contribution in [3.8, 4) is 0 Å². The summed E-state index contributed by atoms with van der Waals surface area (Å²) in [6.07, 6.45) is 3.86. The fourth-order valence-corrected chi connectivity index (χ4v) is 2.10. The third kappa shape index (κ3) is 6.46. The molecule has 1 atom stereocenters. The second-order valence-corrected chi connectivity index (χ2v) is 5.87. The Bertz CT molecular complexity index is 415. The lowest BCUT2D eigenvalue weighted by molar-refractivity contribution is 0.380. The van der Waals surface area contributed by atoms with Gasteiger partial charge in [-0.1, -0.05) is 25.9 Å². The monoisotopic (exact) mass is 426 g/mol. The van der Waals surface area contributed by atoms with Crippen LogP contribution in [0, 0.1) is 0 Å². The quantitative estimate of drug-likeness (QED) is 0.399. The summed E-state index contributed by atoms with van der Waals surface area (Å²) in [5.74, 6) is 1.78. The molecule has 1 rings (SSSR count). The van der Waals surface area contributed by atoms with E-state index in [-0.39, 0.29) is 24.0 Å². The minimum absolute atomic E-state index is 0. The van der Waals surface area contributed by atoms with E-state index in [1.165, 1.54) is 0 Å². The van der Waals surface area contributed by atoms with E-state index in [1.807, 2.05) is 11.8 Å². The maximum atomic E-state index is 5.36. The van der Waals surface area contributed by atoms with Gasteiger partial charge < -0.3 is 15.2 Å². The maximum absolute atomic E-state index is 5.36. The van der Waals surface area contributed by atoms with Gasteiger partial charge in [-0.05, 0) is 12.7 Å². The van der Waals surface area contributed by atoms with Gasteiger partial charge in [0.2, 0.25) is 0 Å². The highest BCUT2D eigenvalue weighted by Gasteiger charge is 2.13. The first-order chi connectivity index (χ1) is 9.65. The first-order valence-electron chi connectivity index (χ1n) is 7.09. The summed E-state index contributed by atoms with van der Waals surface area (Å²) in [6.45, 7) is 7.95. The number of aromatic nitrogens is 1. The number of nitrogens with zero attached hydrogens (tertiary/aromatic N) is 2. The molecule has 0 saturated heterocycles. The van der Waals surface area contributed by atoms with E-state index in [0.717, 1.165) is 42.4 Å². The zero-order valence-corrected chi connectivity index (χ0v) is 16.7. The van der Waals surface area contributed by atoms with Gasteiger partial charge in [0.05, 0.1) is 5.69 Å². The molecule has 7 heteroatoms. The van der Waals surface area contributed by atoms with Crippen LogP contribution in [0.2, 0.25) is 0 Å². The molecule has 122 valence electrons. The van der Waals surface area contributed by atoms with Crippen molar-refractivity contribution in [2.75, 3.05) is 19.8 Å². The molecule has 1 unspecified atom stereocenters. The van der Waals surface area contributed by atoms with E-state index >= 15 is 0 Å². The lowest BCUT2D eigenvalue weighted by atomic mass is 10.1. The van der Waals surface area contributed by atoms with Crippen molar-refractivity contribution in [2.24, 2.45) is 4.99 Å². The number of aliphatic imine (C=N–C) groups is 1. The van der Waals surface area contributed by atoms with Gasteiger partial charge in [-0.15, -0.1) is 24.0 Å². The number of halogens is 1. The summed E-state index contributed by atoms with van der Waals surface area (Å²) in [5, 5.41) is 11.3. The van der Waals surface area contributed by atoms with Crippen LogP contribution in [0.3, 0.4) is 0 Å². The Morgan fingerprint density at radius 3 is 2.57 bits per heavy atom. The summed E-state index contributed by atoms with van der Waals surface area (Å²) in [5.41, 5.74) is 2.19. The Morgan fingerprint density at radius 1 is 1.33 bits per heavy atom. The first-order valence-corrected chi connectivity index (χ1v) is 8.38. The zero-order chi connectivity index (χ0) is 15.0. The third-order valence-electron chi connectivity index (χ3n) is 3.22. The smallest absolute Gasteiger partial charge is 0.191 e. The highest BCUT2D eigenvalue weighted by Crippen LogP contribution is 2.15. The molecule has 0 aromatic carbocycles. The number of thioether (sulfide) groups is 1. The molecule has 0 aliphatic heterocycles. The zero-order valence-electron chi connectivity index (χ0n) is 13.5. The molecule has 0 bridgehead atoms. The van der Waals surface area contributed by atoms with Crippen LogP contribution < -0.4 is 10.6 Å². The van der Waals surface area contributed by atoms with Gasteiger partial charge in [0, 0.05) is 37.4 Å². The molecule has 0 fully saturated rings. The van der Waals surface area contributed by atoms with Crippen molar-refractivity contribution in [1.29, 1.82) is 0 Å². The molecule has 1 heterocycles. The predicted octanol–water partition coefficient (Wildman–Crippen LogP) is 2.83. The summed E-state index contributed by atoms with van der Waals surface area (Å²) in [7, 11) is 1.79. The summed E-state index contributed by atoms with van der Waals surface area (Å²) >= 11 is 1.83. The largest absolute Gasteiger partial charge is 0.361 e. The molecular weight excluding hydrogens is 399 g/mol. The van der Waals surface area contributed by atoms with Gasteiger partial charge in [0.1, 0.15) is 5.76 Å². The van der Waals surface area contributed by atoms with Gasteiger partial charge in [0.25, 0.3) is 0 Å². The van der Waals surface area contributed by atoms with Crippen LogP contribution >= 0.6 is 35.7 Å². The van der Waals surface area contributed by atoms with E-state index < -0.39 is 0 Å². The SMILES string of the molecule is CCc1noc(CC)c1CNC(=NC)NCC(C)SC.I. The van der Waals surface area contributed by atoms with Gasteiger partial charge in [0.15, 0.2) is 5.96 Å². The Hall–Kier alpha value is -0.440. The topological polar surface area (TPSA) is 62.5 Å². The Kier molecular flexibility index (Phi) is 10.9. The molecule has 2 N–H and O–H groups in total. The predicted molar refractivity (Wildman–Crippen MR) is 102 cm³/mol. The molecule has 1 aromatic heterocycles. The van der Waals surface area contributed by atoms with E-state index in [2.05, 4.69) is 47.8 Å². The van der Waals surface area contributed by atoms with Crippen LogP contribution in [-0.4, -0.2) is 36.2 Å². The van der Waals surface area contributed by atoms with E-state index in [0.29, 0.717) is 11.8 Å². The number of hydrogen-bond acceptors (Lipinski definition) is 4. The van der Waals surface area contributed by atoms with Crippen molar-refractivity contribution in [1.82, 2.24) is 15.8 Å². The Labute approximate surface area is 149 Å². The molecule has 21 heavy (non-hydrogen) atoms. The second kappa shape index (κ2) is 11.2. The van der Waals surface area contributed by atoms with Crippen molar-refractivity contribution in [3.63, 3.8) is 0 Å². The average molecular weight is 426 g/mol. The van der Waals surface area contributed by atoms with Gasteiger partial charge in [-0.25, -0.2) is 0 Å². The molecule has 0 spiro atoms. The van der Waals surface area contributed by atoms with Gasteiger partial charge in [-0.3, -0.25) is 4.99 Å². The number of nitrogens with one attached hydrogen (secondary N) is 2. The van der Waals surface area contributed by atoms with Crippen LogP contribution in [0.5, 0.6) is 0 Å². The standard InChI is InChI=1S/C14H26N4OS.HI/c1-6-12-11(13(7-2)19-18-12)9-17-14(15-4)16-8-10(3)20-5;/h10H,6-9H2,1-5H3,(H2,15,16,17);1H. The minimum atomic E-state index is 0. The van der Waals surface area contributed by atoms with Gasteiger partial charge >= 0.3 is 0 Å². The van der Waals surface area contributed by atoms with Crippen LogP contribution in [0.1, 0.15) is 37.8 Å². The molecule has 0 radical (unpaired) electrons. The lowest BCUT2D eigenvalue weighted by Gasteiger charge is -2.14. The third-order valence-corrected chi connectivity index (χ3v) is 4.19. The minimum Gasteiger partial charge on any atom is -0.361 e. The molecule has 0 aliphatic carbocycles. The normalized spacial score (nSPS) is 12.7.